The largest absolute Gasteiger partial charge is 0.338 e. The molecule has 1 aliphatic heterocycles. The van der Waals surface area contributed by atoms with Gasteiger partial charge < -0.3 is 10.2 Å². The van der Waals surface area contributed by atoms with Crippen LogP contribution < -0.4 is 10.2 Å². The van der Waals surface area contributed by atoms with Gasteiger partial charge in [-0.1, -0.05) is 24.3 Å². The maximum atomic E-state index is 4.84. The zero-order valence-corrected chi connectivity index (χ0v) is 15.5. The number of fused-ring (bicyclic) bond motifs is 1. The molecule has 130 valence electrons. The topological polar surface area (TPSA) is 40.5 Å². The summed E-state index contributed by atoms with van der Waals surface area (Å²) in [6.07, 6.45) is 4.46. The third-order valence-electron chi connectivity index (χ3n) is 5.09. The Labute approximate surface area is 157 Å². The number of hydrogen-bond acceptors (Lipinski definition) is 5. The highest BCUT2D eigenvalue weighted by atomic mass is 32.1. The Morgan fingerprint density at radius 3 is 2.77 bits per heavy atom. The average Bonchev–Trinajstić information content (AvgIpc) is 3.40. The van der Waals surface area contributed by atoms with Crippen LogP contribution in [0.5, 0.6) is 0 Å². The fraction of sp³-hybridized carbons (Fsp3) is 0.238. The van der Waals surface area contributed by atoms with Crippen molar-refractivity contribution in [2.75, 3.05) is 16.9 Å². The molecule has 1 N–H and O–H groups in total. The Balaban J connectivity index is 1.59. The van der Waals surface area contributed by atoms with Crippen molar-refractivity contribution >= 4 is 34.4 Å². The molecule has 2 aromatic carbocycles. The number of nitrogens with one attached hydrogen (secondary N) is 1. The van der Waals surface area contributed by atoms with E-state index >= 15 is 0 Å². The first kappa shape index (κ1) is 15.6. The van der Waals surface area contributed by atoms with Gasteiger partial charge in [0, 0.05) is 16.6 Å². The molecule has 0 amide bonds. The summed E-state index contributed by atoms with van der Waals surface area (Å²) in [5.74, 6) is 1.66. The molecule has 26 heavy (non-hydrogen) atoms. The highest BCUT2D eigenvalue weighted by molar-refractivity contribution is 7.04. The number of hydrogen-bond donors (Lipinski definition) is 1. The number of para-hydroxylation sites is 1. The predicted molar refractivity (Wildman–Crippen MR) is 109 cm³/mol. The second-order valence-electron chi connectivity index (χ2n) is 6.95. The molecular formula is C21H20N4S. The number of aliphatic imine (C=N–C) groups is 1. The summed E-state index contributed by atoms with van der Waals surface area (Å²) in [4.78, 5) is 7.17. The van der Waals surface area contributed by atoms with Gasteiger partial charge in [-0.15, -0.1) is 0 Å². The van der Waals surface area contributed by atoms with E-state index in [2.05, 4.69) is 64.0 Å². The highest BCUT2D eigenvalue weighted by Gasteiger charge is 2.28. The zero-order chi connectivity index (χ0) is 17.5. The second kappa shape index (κ2) is 6.25. The molecule has 5 rings (SSSR count). The van der Waals surface area contributed by atoms with Gasteiger partial charge in [0.1, 0.15) is 12.5 Å². The molecule has 0 radical (unpaired) electrons. The lowest BCUT2D eigenvalue weighted by atomic mass is 10.0. The predicted octanol–water partition coefficient (Wildman–Crippen LogP) is 5.30. The van der Waals surface area contributed by atoms with E-state index < -0.39 is 0 Å². The van der Waals surface area contributed by atoms with Gasteiger partial charge in [-0.2, -0.15) is 4.37 Å². The van der Waals surface area contributed by atoms with E-state index in [1.165, 1.54) is 46.9 Å². The molecule has 1 saturated carbocycles. The molecule has 0 unspecified atom stereocenters. The third-order valence-corrected chi connectivity index (χ3v) is 5.67. The Hall–Kier alpha value is -2.66. The molecule has 0 saturated heterocycles. The number of amidine groups is 1. The number of aryl methyl sites for hydroxylation is 1. The molecule has 1 fully saturated rings. The van der Waals surface area contributed by atoms with Crippen LogP contribution in [0, 0.1) is 6.92 Å². The number of nitrogens with zero attached hydrogens (tertiary/aromatic N) is 3. The number of anilines is 3. The van der Waals surface area contributed by atoms with Crippen LogP contribution in [0.2, 0.25) is 0 Å². The van der Waals surface area contributed by atoms with Crippen molar-refractivity contribution in [3.05, 3.63) is 70.7 Å². The van der Waals surface area contributed by atoms with Crippen molar-refractivity contribution in [2.45, 2.75) is 25.7 Å². The van der Waals surface area contributed by atoms with Gasteiger partial charge in [0.2, 0.25) is 0 Å². The summed E-state index contributed by atoms with van der Waals surface area (Å²) in [5, 5.41) is 5.45. The van der Waals surface area contributed by atoms with Gasteiger partial charge in [0.25, 0.3) is 0 Å². The smallest absolute Gasteiger partial charge is 0.136 e. The molecule has 1 aliphatic carbocycles. The molecule has 0 spiro atoms. The molecule has 1 aromatic heterocycles. The summed E-state index contributed by atoms with van der Waals surface area (Å²) in [6, 6.07) is 15.4. The molecule has 0 atom stereocenters. The molecule has 5 heteroatoms. The fourth-order valence-electron chi connectivity index (χ4n) is 3.53. The van der Waals surface area contributed by atoms with Gasteiger partial charge >= 0.3 is 0 Å². The van der Waals surface area contributed by atoms with E-state index in [1.807, 2.05) is 11.6 Å². The Morgan fingerprint density at radius 2 is 2.00 bits per heavy atom. The number of rotatable bonds is 3. The van der Waals surface area contributed by atoms with Crippen LogP contribution in [0.1, 0.15) is 35.4 Å². The molecule has 2 heterocycles. The van der Waals surface area contributed by atoms with Crippen LogP contribution in [-0.2, 0) is 0 Å². The quantitative estimate of drug-likeness (QED) is 0.689. The molecule has 3 aromatic rings. The van der Waals surface area contributed by atoms with Crippen LogP contribution >= 0.6 is 11.5 Å². The van der Waals surface area contributed by atoms with Gasteiger partial charge in [-0.25, -0.2) is 4.99 Å². The normalized spacial score (nSPS) is 16.2. The highest BCUT2D eigenvalue weighted by Crippen LogP contribution is 2.43. The first-order valence-electron chi connectivity index (χ1n) is 8.98. The third kappa shape index (κ3) is 2.78. The van der Waals surface area contributed by atoms with Gasteiger partial charge in [0.05, 0.1) is 17.6 Å². The summed E-state index contributed by atoms with van der Waals surface area (Å²) in [5.41, 5.74) is 7.32. The lowest BCUT2D eigenvalue weighted by molar-refractivity contribution is 0.951. The lowest BCUT2D eigenvalue weighted by Crippen LogP contribution is -2.29. The Morgan fingerprint density at radius 1 is 1.12 bits per heavy atom. The van der Waals surface area contributed by atoms with E-state index in [0.29, 0.717) is 6.67 Å². The zero-order valence-electron chi connectivity index (χ0n) is 14.6. The van der Waals surface area contributed by atoms with E-state index in [4.69, 9.17) is 4.99 Å². The summed E-state index contributed by atoms with van der Waals surface area (Å²) in [6.45, 7) is 2.78. The minimum atomic E-state index is 0.617. The first-order chi connectivity index (χ1) is 12.8. The number of aromatic nitrogens is 1. The maximum Gasteiger partial charge on any atom is 0.136 e. The van der Waals surface area contributed by atoms with E-state index in [1.54, 1.807) is 0 Å². The van der Waals surface area contributed by atoms with Crippen LogP contribution in [-0.4, -0.2) is 16.9 Å². The van der Waals surface area contributed by atoms with Gasteiger partial charge in [-0.05, 0) is 66.5 Å². The molecular weight excluding hydrogens is 340 g/mol. The van der Waals surface area contributed by atoms with Crippen molar-refractivity contribution in [1.29, 1.82) is 0 Å². The summed E-state index contributed by atoms with van der Waals surface area (Å²) < 4.78 is 4.18. The summed E-state index contributed by atoms with van der Waals surface area (Å²) >= 11 is 1.45. The van der Waals surface area contributed by atoms with E-state index in [-0.39, 0.29) is 0 Å². The molecule has 2 aliphatic rings. The SMILES string of the molecule is Cc1ccccc1N1CN=C(Nc2cnsc2)c2ccc(C3CC3)cc21. The van der Waals surface area contributed by atoms with Crippen molar-refractivity contribution in [1.82, 2.24) is 4.37 Å². The van der Waals surface area contributed by atoms with Crippen molar-refractivity contribution in [2.24, 2.45) is 4.99 Å². The van der Waals surface area contributed by atoms with Crippen molar-refractivity contribution in [3.8, 4) is 0 Å². The van der Waals surface area contributed by atoms with Crippen LogP contribution in [0.3, 0.4) is 0 Å². The fourth-order valence-corrected chi connectivity index (χ4v) is 4.00. The van der Waals surface area contributed by atoms with Crippen molar-refractivity contribution < 1.29 is 0 Å². The monoisotopic (exact) mass is 360 g/mol. The van der Waals surface area contributed by atoms with Crippen LogP contribution in [0.25, 0.3) is 0 Å². The van der Waals surface area contributed by atoms with Crippen LogP contribution in [0.15, 0.2) is 59.0 Å². The average molecular weight is 360 g/mol. The first-order valence-corrected chi connectivity index (χ1v) is 9.81. The minimum Gasteiger partial charge on any atom is -0.338 e. The number of benzene rings is 2. The van der Waals surface area contributed by atoms with Gasteiger partial charge in [0.15, 0.2) is 0 Å². The Bertz CT molecular complexity index is 973. The molecule has 0 bridgehead atoms. The van der Waals surface area contributed by atoms with Gasteiger partial charge in [-0.3, -0.25) is 0 Å². The minimum absolute atomic E-state index is 0.617. The maximum absolute atomic E-state index is 4.84. The van der Waals surface area contributed by atoms with Crippen molar-refractivity contribution in [3.63, 3.8) is 0 Å². The summed E-state index contributed by atoms with van der Waals surface area (Å²) in [7, 11) is 0. The van der Waals surface area contributed by atoms with E-state index in [9.17, 15) is 0 Å². The standard InChI is InChI=1S/C21H20N4S/c1-14-4-2-3-5-19(14)25-13-22-21(24-17-11-23-26-12-17)18-9-8-16(10-20(18)25)15-6-7-15/h2-5,8-12,15H,6-7,13H2,1H3,(H,22,24). The second-order valence-corrected chi connectivity index (χ2v) is 7.61. The molecule has 4 nitrogen and oxygen atoms in total. The lowest BCUT2D eigenvalue weighted by Gasteiger charge is -2.31. The van der Waals surface area contributed by atoms with E-state index in [0.717, 1.165) is 23.0 Å². The Kier molecular flexibility index (Phi) is 3.75. The van der Waals surface area contributed by atoms with Crippen LogP contribution in [0.4, 0.5) is 17.1 Å².